The van der Waals surface area contributed by atoms with E-state index in [4.69, 9.17) is 4.74 Å². The van der Waals surface area contributed by atoms with Gasteiger partial charge in [-0.05, 0) is 25.2 Å². The van der Waals surface area contributed by atoms with E-state index in [9.17, 15) is 4.79 Å². The number of aromatic nitrogens is 2. The molecule has 4 rings (SSSR count). The lowest BCUT2D eigenvalue weighted by molar-refractivity contribution is -0.150. The molecule has 0 unspecified atom stereocenters. The fourth-order valence-corrected chi connectivity index (χ4v) is 3.30. The van der Waals surface area contributed by atoms with E-state index in [2.05, 4.69) is 9.97 Å². The lowest BCUT2D eigenvalue weighted by Gasteiger charge is -2.16. The maximum atomic E-state index is 12.2. The molecule has 0 amide bonds. The lowest BCUT2D eigenvalue weighted by atomic mass is 10.0. The molecule has 0 N–H and O–H groups in total. The van der Waals surface area contributed by atoms with Crippen LogP contribution in [-0.2, 0) is 22.4 Å². The van der Waals surface area contributed by atoms with Crippen molar-refractivity contribution >= 4 is 5.97 Å². The molecular formula is C16H20N2O2. The molecule has 20 heavy (non-hydrogen) atoms. The van der Waals surface area contributed by atoms with E-state index in [1.54, 1.807) is 12.4 Å². The van der Waals surface area contributed by atoms with E-state index in [0.29, 0.717) is 24.9 Å². The average Bonchev–Trinajstić information content (AvgIpc) is 3.38. The monoisotopic (exact) mass is 272 g/mol. The largest absolute Gasteiger partial charge is 0.465 e. The normalized spacial score (nSPS) is 23.4. The SMILES string of the molecule is O=C(OCC1(CC2CC2)CC1)C1Cc2nccnc2C1. The van der Waals surface area contributed by atoms with Gasteiger partial charge in [0.05, 0.1) is 23.9 Å². The highest BCUT2D eigenvalue weighted by Gasteiger charge is 2.47. The molecule has 3 aliphatic rings. The third-order valence-corrected chi connectivity index (χ3v) is 4.97. The molecule has 3 aliphatic carbocycles. The van der Waals surface area contributed by atoms with Gasteiger partial charge in [-0.2, -0.15) is 0 Å². The molecule has 0 aliphatic heterocycles. The maximum absolute atomic E-state index is 12.2. The second kappa shape index (κ2) is 4.54. The van der Waals surface area contributed by atoms with Crippen LogP contribution in [0.2, 0.25) is 0 Å². The van der Waals surface area contributed by atoms with Crippen LogP contribution >= 0.6 is 0 Å². The van der Waals surface area contributed by atoms with Gasteiger partial charge in [-0.15, -0.1) is 0 Å². The van der Waals surface area contributed by atoms with Crippen molar-refractivity contribution in [1.82, 2.24) is 9.97 Å². The number of nitrogens with zero attached hydrogens (tertiary/aromatic N) is 2. The zero-order valence-electron chi connectivity index (χ0n) is 11.7. The summed E-state index contributed by atoms with van der Waals surface area (Å²) in [4.78, 5) is 20.8. The summed E-state index contributed by atoms with van der Waals surface area (Å²) in [6.07, 6.45) is 11.3. The van der Waals surface area contributed by atoms with Gasteiger partial charge >= 0.3 is 5.97 Å². The first-order valence-corrected chi connectivity index (χ1v) is 7.70. The Morgan fingerprint density at radius 2 is 1.85 bits per heavy atom. The third-order valence-electron chi connectivity index (χ3n) is 4.97. The second-order valence-corrected chi connectivity index (χ2v) is 6.81. The Labute approximate surface area is 119 Å². The Hall–Kier alpha value is -1.45. The van der Waals surface area contributed by atoms with Gasteiger partial charge in [0.15, 0.2) is 0 Å². The van der Waals surface area contributed by atoms with Crippen LogP contribution in [0.5, 0.6) is 0 Å². The molecular weight excluding hydrogens is 252 g/mol. The quantitative estimate of drug-likeness (QED) is 0.772. The lowest BCUT2D eigenvalue weighted by Crippen LogP contribution is -2.22. The number of hydrogen-bond donors (Lipinski definition) is 0. The van der Waals surface area contributed by atoms with Crippen LogP contribution in [0.15, 0.2) is 12.4 Å². The number of carbonyl (C=O) groups is 1. The topological polar surface area (TPSA) is 52.1 Å². The standard InChI is InChI=1S/C16H20N2O2/c19-15(12-7-13-14(8-12)18-6-5-17-13)20-10-16(3-4-16)9-11-1-2-11/h5-6,11-12H,1-4,7-10H2. The van der Waals surface area contributed by atoms with Crippen LogP contribution < -0.4 is 0 Å². The molecule has 0 spiro atoms. The highest BCUT2D eigenvalue weighted by Crippen LogP contribution is 2.55. The van der Waals surface area contributed by atoms with Crippen LogP contribution in [0, 0.1) is 17.3 Å². The minimum absolute atomic E-state index is 0.0492. The second-order valence-electron chi connectivity index (χ2n) is 6.81. The summed E-state index contributed by atoms with van der Waals surface area (Å²) < 4.78 is 5.62. The van der Waals surface area contributed by atoms with Crippen molar-refractivity contribution < 1.29 is 9.53 Å². The molecule has 0 radical (unpaired) electrons. The zero-order valence-corrected chi connectivity index (χ0v) is 11.7. The van der Waals surface area contributed by atoms with Gasteiger partial charge < -0.3 is 4.74 Å². The number of fused-ring (bicyclic) bond motifs is 1. The molecule has 0 aromatic carbocycles. The Kier molecular flexibility index (Phi) is 2.79. The Morgan fingerprint density at radius 3 is 2.40 bits per heavy atom. The molecule has 106 valence electrons. The summed E-state index contributed by atoms with van der Waals surface area (Å²) in [7, 11) is 0. The van der Waals surface area contributed by atoms with Crippen molar-refractivity contribution in [3.8, 4) is 0 Å². The average molecular weight is 272 g/mol. The van der Waals surface area contributed by atoms with Crippen molar-refractivity contribution in [2.45, 2.75) is 44.9 Å². The number of rotatable bonds is 5. The van der Waals surface area contributed by atoms with Gasteiger partial charge in [-0.3, -0.25) is 14.8 Å². The Bertz CT molecular complexity index is 510. The van der Waals surface area contributed by atoms with E-state index >= 15 is 0 Å². The highest BCUT2D eigenvalue weighted by molar-refractivity contribution is 5.74. The first-order chi connectivity index (χ1) is 9.74. The summed E-state index contributed by atoms with van der Waals surface area (Å²) in [5.41, 5.74) is 2.28. The van der Waals surface area contributed by atoms with Gasteiger partial charge in [0.1, 0.15) is 0 Å². The molecule has 2 saturated carbocycles. The third kappa shape index (κ3) is 2.43. The van der Waals surface area contributed by atoms with Gasteiger partial charge in [0.2, 0.25) is 0 Å². The molecule has 1 aromatic heterocycles. The fraction of sp³-hybridized carbons (Fsp3) is 0.688. The van der Waals surface area contributed by atoms with E-state index in [0.717, 1.165) is 17.3 Å². The number of carbonyl (C=O) groups excluding carboxylic acids is 1. The van der Waals surface area contributed by atoms with Crippen molar-refractivity contribution in [3.63, 3.8) is 0 Å². The zero-order chi connectivity index (χ0) is 13.6. The minimum Gasteiger partial charge on any atom is -0.465 e. The molecule has 1 heterocycles. The van der Waals surface area contributed by atoms with Crippen molar-refractivity contribution in [1.29, 1.82) is 0 Å². The molecule has 4 heteroatoms. The molecule has 2 fully saturated rings. The summed E-state index contributed by atoms with van der Waals surface area (Å²) in [5, 5.41) is 0. The molecule has 4 nitrogen and oxygen atoms in total. The van der Waals surface area contributed by atoms with E-state index in [-0.39, 0.29) is 11.9 Å². The van der Waals surface area contributed by atoms with Gasteiger partial charge in [-0.25, -0.2) is 0 Å². The molecule has 1 aromatic rings. The Morgan fingerprint density at radius 1 is 1.20 bits per heavy atom. The van der Waals surface area contributed by atoms with Gasteiger partial charge in [0.25, 0.3) is 0 Å². The van der Waals surface area contributed by atoms with E-state index in [1.165, 1.54) is 32.1 Å². The minimum atomic E-state index is -0.0656. The van der Waals surface area contributed by atoms with Gasteiger partial charge in [0, 0.05) is 30.7 Å². The van der Waals surface area contributed by atoms with Crippen molar-refractivity contribution in [3.05, 3.63) is 23.8 Å². The molecule has 0 saturated heterocycles. The van der Waals surface area contributed by atoms with Crippen LogP contribution in [0.3, 0.4) is 0 Å². The maximum Gasteiger partial charge on any atom is 0.309 e. The first-order valence-electron chi connectivity index (χ1n) is 7.70. The van der Waals surface area contributed by atoms with Crippen LogP contribution in [0.1, 0.15) is 43.5 Å². The Balaban J connectivity index is 1.31. The summed E-state index contributed by atoms with van der Waals surface area (Å²) >= 11 is 0. The number of ether oxygens (including phenoxy) is 1. The number of esters is 1. The van der Waals surface area contributed by atoms with E-state index < -0.39 is 0 Å². The predicted molar refractivity (Wildman–Crippen MR) is 72.9 cm³/mol. The smallest absolute Gasteiger partial charge is 0.309 e. The van der Waals surface area contributed by atoms with Crippen LogP contribution in [-0.4, -0.2) is 22.5 Å². The highest BCUT2D eigenvalue weighted by atomic mass is 16.5. The fourth-order valence-electron chi connectivity index (χ4n) is 3.30. The predicted octanol–water partition coefficient (Wildman–Crippen LogP) is 2.31. The van der Waals surface area contributed by atoms with Crippen molar-refractivity contribution in [2.75, 3.05) is 6.61 Å². The van der Waals surface area contributed by atoms with Crippen LogP contribution in [0.25, 0.3) is 0 Å². The van der Waals surface area contributed by atoms with Crippen LogP contribution in [0.4, 0.5) is 0 Å². The summed E-state index contributed by atoms with van der Waals surface area (Å²) in [5.74, 6) is 0.802. The summed E-state index contributed by atoms with van der Waals surface area (Å²) in [6.45, 7) is 0.635. The number of hydrogen-bond acceptors (Lipinski definition) is 4. The molecule has 0 atom stereocenters. The van der Waals surface area contributed by atoms with E-state index in [1.807, 2.05) is 0 Å². The first kappa shape index (κ1) is 12.3. The van der Waals surface area contributed by atoms with Crippen molar-refractivity contribution in [2.24, 2.45) is 17.3 Å². The molecule has 0 bridgehead atoms. The van der Waals surface area contributed by atoms with Gasteiger partial charge in [-0.1, -0.05) is 12.8 Å². The summed E-state index contributed by atoms with van der Waals surface area (Å²) in [6, 6.07) is 0.